The van der Waals surface area contributed by atoms with Crippen molar-refractivity contribution in [2.75, 3.05) is 0 Å². The van der Waals surface area contributed by atoms with Gasteiger partial charge in [0.1, 0.15) is 12.2 Å². The quantitative estimate of drug-likeness (QED) is 0.931. The summed E-state index contributed by atoms with van der Waals surface area (Å²) < 4.78 is 40.7. The monoisotopic (exact) mass is 315 g/mol. The van der Waals surface area contributed by atoms with Crippen LogP contribution in [0.3, 0.4) is 0 Å². The Kier molecular flexibility index (Phi) is 4.25. The summed E-state index contributed by atoms with van der Waals surface area (Å²) in [4.78, 5) is 11.8. The molecule has 0 fully saturated rings. The second kappa shape index (κ2) is 5.82. The van der Waals surface area contributed by atoms with Crippen LogP contribution in [-0.2, 0) is 31.1 Å². The van der Waals surface area contributed by atoms with Crippen LogP contribution in [0.5, 0.6) is 0 Å². The number of aryl methyl sites for hydroxylation is 3. The fourth-order valence-corrected chi connectivity index (χ4v) is 2.10. The van der Waals surface area contributed by atoms with Gasteiger partial charge in [-0.05, 0) is 19.9 Å². The standard InChI is InChI=1S/C13H16F3N5O/c1-8-4-11(13(14,15)16)21(18-8)7-12(22)17-5-10-6-20(3)19-9(10)2/h4,6H,5,7H2,1-3H3,(H,17,22). The van der Waals surface area contributed by atoms with E-state index < -0.39 is 24.3 Å². The van der Waals surface area contributed by atoms with Crippen molar-refractivity contribution < 1.29 is 18.0 Å². The molecule has 0 aromatic carbocycles. The van der Waals surface area contributed by atoms with E-state index in [1.165, 1.54) is 6.92 Å². The van der Waals surface area contributed by atoms with Crippen molar-refractivity contribution in [3.8, 4) is 0 Å². The van der Waals surface area contributed by atoms with Gasteiger partial charge in [-0.25, -0.2) is 0 Å². The van der Waals surface area contributed by atoms with Crippen molar-refractivity contribution in [1.29, 1.82) is 0 Å². The zero-order valence-corrected chi connectivity index (χ0v) is 12.4. The van der Waals surface area contributed by atoms with E-state index in [1.54, 1.807) is 24.9 Å². The Hall–Kier alpha value is -2.32. The minimum absolute atomic E-state index is 0.208. The van der Waals surface area contributed by atoms with Crippen LogP contribution in [0.1, 0.15) is 22.6 Å². The van der Waals surface area contributed by atoms with Gasteiger partial charge in [0, 0.05) is 25.4 Å². The molecule has 9 heteroatoms. The van der Waals surface area contributed by atoms with Crippen molar-refractivity contribution >= 4 is 5.91 Å². The molecule has 0 aliphatic heterocycles. The first-order valence-electron chi connectivity index (χ1n) is 6.54. The molecule has 0 spiro atoms. The predicted octanol–water partition coefficient (Wildman–Crippen LogP) is 1.57. The number of aromatic nitrogens is 4. The first-order chi connectivity index (χ1) is 10.2. The number of halogens is 3. The van der Waals surface area contributed by atoms with Gasteiger partial charge in [0.05, 0.1) is 11.4 Å². The number of hydrogen-bond donors (Lipinski definition) is 1. The van der Waals surface area contributed by atoms with Gasteiger partial charge in [0.2, 0.25) is 5.91 Å². The maximum absolute atomic E-state index is 12.8. The lowest BCUT2D eigenvalue weighted by Gasteiger charge is -2.10. The molecule has 0 saturated carbocycles. The van der Waals surface area contributed by atoms with E-state index in [9.17, 15) is 18.0 Å². The van der Waals surface area contributed by atoms with E-state index in [0.717, 1.165) is 17.3 Å². The van der Waals surface area contributed by atoms with E-state index >= 15 is 0 Å². The summed E-state index contributed by atoms with van der Waals surface area (Å²) in [7, 11) is 1.75. The summed E-state index contributed by atoms with van der Waals surface area (Å²) >= 11 is 0. The first-order valence-corrected chi connectivity index (χ1v) is 6.54. The summed E-state index contributed by atoms with van der Waals surface area (Å²) in [5.74, 6) is -0.545. The van der Waals surface area contributed by atoms with Crippen LogP contribution in [-0.4, -0.2) is 25.5 Å². The van der Waals surface area contributed by atoms with Gasteiger partial charge < -0.3 is 5.32 Å². The number of alkyl halides is 3. The molecule has 0 radical (unpaired) electrons. The number of carbonyl (C=O) groups excluding carboxylic acids is 1. The molecule has 0 bridgehead atoms. The highest BCUT2D eigenvalue weighted by Crippen LogP contribution is 2.29. The minimum atomic E-state index is -4.54. The molecular formula is C13H16F3N5O. The highest BCUT2D eigenvalue weighted by molar-refractivity contribution is 5.75. The number of hydrogen-bond acceptors (Lipinski definition) is 3. The van der Waals surface area contributed by atoms with Crippen LogP contribution in [0, 0.1) is 13.8 Å². The summed E-state index contributed by atoms with van der Waals surface area (Å²) in [5, 5.41) is 10.4. The molecule has 0 atom stereocenters. The molecule has 2 aromatic rings. The Morgan fingerprint density at radius 1 is 1.32 bits per heavy atom. The zero-order chi connectivity index (χ0) is 16.5. The van der Waals surface area contributed by atoms with Gasteiger partial charge >= 0.3 is 6.18 Å². The van der Waals surface area contributed by atoms with Crippen LogP contribution >= 0.6 is 0 Å². The van der Waals surface area contributed by atoms with Crippen molar-refractivity contribution in [3.05, 3.63) is 34.9 Å². The summed E-state index contributed by atoms with van der Waals surface area (Å²) in [6, 6.07) is 0.915. The Morgan fingerprint density at radius 3 is 2.55 bits per heavy atom. The maximum atomic E-state index is 12.8. The summed E-state index contributed by atoms with van der Waals surface area (Å²) in [5.41, 5.74) is 0.846. The molecule has 0 saturated heterocycles. The van der Waals surface area contributed by atoms with Gasteiger partial charge in [-0.3, -0.25) is 14.2 Å². The third-order valence-corrected chi connectivity index (χ3v) is 3.08. The third kappa shape index (κ3) is 3.66. The van der Waals surface area contributed by atoms with Gasteiger partial charge in [0.15, 0.2) is 0 Å². The number of rotatable bonds is 4. The van der Waals surface area contributed by atoms with Crippen LogP contribution in [0.15, 0.2) is 12.3 Å². The van der Waals surface area contributed by atoms with Crippen LogP contribution < -0.4 is 5.32 Å². The summed E-state index contributed by atoms with van der Waals surface area (Å²) in [6.45, 7) is 2.96. The number of carbonyl (C=O) groups is 1. The molecule has 2 heterocycles. The first kappa shape index (κ1) is 16.1. The fourth-order valence-electron chi connectivity index (χ4n) is 2.10. The van der Waals surface area contributed by atoms with E-state index in [-0.39, 0.29) is 12.2 Å². The van der Waals surface area contributed by atoms with Crippen LogP contribution in [0.2, 0.25) is 0 Å². The van der Waals surface area contributed by atoms with Crippen molar-refractivity contribution in [2.24, 2.45) is 7.05 Å². The predicted molar refractivity (Wildman–Crippen MR) is 71.8 cm³/mol. The van der Waals surface area contributed by atoms with Gasteiger partial charge in [0.25, 0.3) is 0 Å². The molecule has 6 nitrogen and oxygen atoms in total. The van der Waals surface area contributed by atoms with E-state index in [0.29, 0.717) is 4.68 Å². The third-order valence-electron chi connectivity index (χ3n) is 3.08. The second-order valence-corrected chi connectivity index (χ2v) is 5.02. The molecule has 2 aromatic heterocycles. The molecular weight excluding hydrogens is 299 g/mol. The number of amides is 1. The van der Waals surface area contributed by atoms with Crippen molar-refractivity contribution in [2.45, 2.75) is 33.1 Å². The molecule has 120 valence electrons. The number of nitrogens with zero attached hydrogens (tertiary/aromatic N) is 4. The molecule has 1 amide bonds. The molecule has 1 N–H and O–H groups in total. The van der Waals surface area contributed by atoms with Gasteiger partial charge in [-0.2, -0.15) is 23.4 Å². The van der Waals surface area contributed by atoms with Crippen molar-refractivity contribution in [1.82, 2.24) is 24.9 Å². The zero-order valence-electron chi connectivity index (χ0n) is 12.4. The lowest BCUT2D eigenvalue weighted by atomic mass is 10.2. The van der Waals surface area contributed by atoms with Crippen LogP contribution in [0.25, 0.3) is 0 Å². The maximum Gasteiger partial charge on any atom is 0.433 e. The Balaban J connectivity index is 2.02. The normalized spacial score (nSPS) is 11.7. The number of nitrogens with one attached hydrogen (secondary N) is 1. The molecule has 2 rings (SSSR count). The highest BCUT2D eigenvalue weighted by Gasteiger charge is 2.35. The topological polar surface area (TPSA) is 64.7 Å². The van der Waals surface area contributed by atoms with E-state index in [2.05, 4.69) is 15.5 Å². The molecule has 0 aliphatic rings. The van der Waals surface area contributed by atoms with Gasteiger partial charge in [-0.15, -0.1) is 0 Å². The minimum Gasteiger partial charge on any atom is -0.350 e. The second-order valence-electron chi connectivity index (χ2n) is 5.02. The van der Waals surface area contributed by atoms with E-state index in [1.807, 2.05) is 0 Å². The smallest absolute Gasteiger partial charge is 0.350 e. The fraction of sp³-hybridized carbons (Fsp3) is 0.462. The highest BCUT2D eigenvalue weighted by atomic mass is 19.4. The largest absolute Gasteiger partial charge is 0.433 e. The Bertz CT molecular complexity index is 686. The Morgan fingerprint density at radius 2 is 2.00 bits per heavy atom. The lowest BCUT2D eigenvalue weighted by molar-refractivity contribution is -0.144. The van der Waals surface area contributed by atoms with Crippen LogP contribution in [0.4, 0.5) is 13.2 Å². The summed E-state index contributed by atoms with van der Waals surface area (Å²) in [6.07, 6.45) is -2.80. The van der Waals surface area contributed by atoms with E-state index in [4.69, 9.17) is 0 Å². The SMILES string of the molecule is Cc1cc(C(F)(F)F)n(CC(=O)NCc2cn(C)nc2C)n1. The van der Waals surface area contributed by atoms with Crippen molar-refractivity contribution in [3.63, 3.8) is 0 Å². The molecule has 22 heavy (non-hydrogen) atoms. The average molecular weight is 315 g/mol. The average Bonchev–Trinajstić information content (AvgIpc) is 2.89. The molecule has 0 unspecified atom stereocenters. The lowest BCUT2D eigenvalue weighted by Crippen LogP contribution is -2.29. The Labute approximate surface area is 124 Å². The molecule has 0 aliphatic carbocycles. The van der Waals surface area contributed by atoms with Gasteiger partial charge in [-0.1, -0.05) is 0 Å².